The van der Waals surface area contributed by atoms with Gasteiger partial charge in [-0.2, -0.15) is 0 Å². The number of rotatable bonds is 9. The number of unbranched alkanes of at least 4 members (excludes halogenated alkanes) is 1. The molecule has 0 amide bonds. The zero-order valence-electron chi connectivity index (χ0n) is 13.3. The summed E-state index contributed by atoms with van der Waals surface area (Å²) in [4.78, 5) is 4.20. The van der Waals surface area contributed by atoms with E-state index in [0.717, 1.165) is 57.1 Å². The molecule has 1 aromatic rings. The Morgan fingerprint density at radius 2 is 1.77 bits per heavy atom. The third kappa shape index (κ3) is 8.47. The Balaban J connectivity index is 2.21. The van der Waals surface area contributed by atoms with E-state index in [-0.39, 0.29) is 0 Å². The second-order valence-electron chi connectivity index (χ2n) is 4.86. The predicted octanol–water partition coefficient (Wildman–Crippen LogP) is 3.52. The maximum absolute atomic E-state index is 5.99. The minimum Gasteiger partial charge on any atom is -0.382 e. The van der Waals surface area contributed by atoms with Crippen LogP contribution in [0.4, 0.5) is 0 Å². The number of hydrogen-bond acceptors (Lipinski definition) is 2. The molecule has 0 aliphatic rings. The lowest BCUT2D eigenvalue weighted by atomic mass is 10.1. The lowest BCUT2D eigenvalue weighted by Crippen LogP contribution is -2.38. The van der Waals surface area contributed by atoms with Crippen molar-refractivity contribution in [2.45, 2.75) is 26.2 Å². The van der Waals surface area contributed by atoms with Crippen LogP contribution in [0.3, 0.4) is 0 Å². The second-order valence-corrected chi connectivity index (χ2v) is 5.73. The minimum atomic E-state index is 0.666. The lowest BCUT2D eigenvalue weighted by Gasteiger charge is -2.12. The molecule has 2 N–H and O–H groups in total. The van der Waals surface area contributed by atoms with E-state index < -0.39 is 0 Å². The van der Waals surface area contributed by atoms with E-state index >= 15 is 0 Å². The smallest absolute Gasteiger partial charge is 0.190 e. The SMILES string of the molecule is CCOCCCCNC(=NC)NCCc1cc(Cl)cc(Cl)c1. The summed E-state index contributed by atoms with van der Waals surface area (Å²) in [7, 11) is 1.77. The Hall–Kier alpha value is -0.970. The summed E-state index contributed by atoms with van der Waals surface area (Å²) in [5, 5.41) is 7.90. The third-order valence-electron chi connectivity index (χ3n) is 3.06. The second kappa shape index (κ2) is 11.6. The van der Waals surface area contributed by atoms with Gasteiger partial charge in [-0.05, 0) is 49.9 Å². The normalized spacial score (nSPS) is 11.5. The fourth-order valence-electron chi connectivity index (χ4n) is 1.98. The third-order valence-corrected chi connectivity index (χ3v) is 3.50. The molecule has 6 heteroatoms. The molecule has 0 unspecified atom stereocenters. The number of benzene rings is 1. The predicted molar refractivity (Wildman–Crippen MR) is 95.3 cm³/mol. The van der Waals surface area contributed by atoms with E-state index in [1.165, 1.54) is 0 Å². The Bertz CT molecular complexity index is 446. The highest BCUT2D eigenvalue weighted by molar-refractivity contribution is 6.34. The van der Waals surface area contributed by atoms with Crippen molar-refractivity contribution in [1.29, 1.82) is 0 Å². The van der Waals surface area contributed by atoms with Crippen LogP contribution in [0.2, 0.25) is 10.0 Å². The van der Waals surface area contributed by atoms with Gasteiger partial charge in [0, 0.05) is 43.4 Å². The van der Waals surface area contributed by atoms with Gasteiger partial charge in [0.2, 0.25) is 0 Å². The number of nitrogens with zero attached hydrogens (tertiary/aromatic N) is 1. The Labute approximate surface area is 143 Å². The van der Waals surface area contributed by atoms with Crippen molar-refractivity contribution in [3.05, 3.63) is 33.8 Å². The summed E-state index contributed by atoms with van der Waals surface area (Å²) in [6, 6.07) is 5.60. The molecule has 0 aliphatic heterocycles. The van der Waals surface area contributed by atoms with Gasteiger partial charge in [-0.1, -0.05) is 23.2 Å². The molecular weight excluding hydrogens is 321 g/mol. The first kappa shape index (κ1) is 19.1. The van der Waals surface area contributed by atoms with E-state index in [2.05, 4.69) is 15.6 Å². The number of ether oxygens (including phenoxy) is 1. The number of halogens is 2. The Kier molecular flexibility index (Phi) is 10.0. The first-order chi connectivity index (χ1) is 10.7. The summed E-state index contributed by atoms with van der Waals surface area (Å²) >= 11 is 12.0. The van der Waals surface area contributed by atoms with Gasteiger partial charge in [0.15, 0.2) is 5.96 Å². The molecule has 22 heavy (non-hydrogen) atoms. The van der Waals surface area contributed by atoms with Crippen molar-refractivity contribution in [3.63, 3.8) is 0 Å². The first-order valence-electron chi connectivity index (χ1n) is 7.63. The molecule has 4 nitrogen and oxygen atoms in total. The van der Waals surface area contributed by atoms with Crippen LogP contribution in [0.25, 0.3) is 0 Å². The molecule has 124 valence electrons. The van der Waals surface area contributed by atoms with Gasteiger partial charge in [0.1, 0.15) is 0 Å². The number of nitrogens with one attached hydrogen (secondary N) is 2. The molecule has 0 heterocycles. The topological polar surface area (TPSA) is 45.6 Å². The molecule has 0 aliphatic carbocycles. The highest BCUT2D eigenvalue weighted by atomic mass is 35.5. The zero-order valence-corrected chi connectivity index (χ0v) is 14.8. The van der Waals surface area contributed by atoms with Crippen LogP contribution in [-0.4, -0.2) is 39.3 Å². The lowest BCUT2D eigenvalue weighted by molar-refractivity contribution is 0.143. The van der Waals surface area contributed by atoms with Crippen molar-refractivity contribution in [2.75, 3.05) is 33.4 Å². The number of aliphatic imine (C=N–C) groups is 1. The largest absolute Gasteiger partial charge is 0.382 e. The molecule has 0 aromatic heterocycles. The molecular formula is C16H25Cl2N3O. The van der Waals surface area contributed by atoms with Crippen molar-refractivity contribution in [3.8, 4) is 0 Å². The van der Waals surface area contributed by atoms with Gasteiger partial charge in [0.25, 0.3) is 0 Å². The van der Waals surface area contributed by atoms with E-state index in [1.807, 2.05) is 19.1 Å². The summed E-state index contributed by atoms with van der Waals surface area (Å²) < 4.78 is 5.30. The molecule has 1 rings (SSSR count). The average Bonchev–Trinajstić information content (AvgIpc) is 2.48. The fourth-order valence-corrected chi connectivity index (χ4v) is 2.55. The monoisotopic (exact) mass is 345 g/mol. The molecule has 0 radical (unpaired) electrons. The minimum absolute atomic E-state index is 0.666. The maximum atomic E-state index is 5.99. The highest BCUT2D eigenvalue weighted by Gasteiger charge is 2.00. The Morgan fingerprint density at radius 3 is 2.41 bits per heavy atom. The van der Waals surface area contributed by atoms with Crippen LogP contribution in [0, 0.1) is 0 Å². The van der Waals surface area contributed by atoms with Gasteiger partial charge >= 0.3 is 0 Å². The fraction of sp³-hybridized carbons (Fsp3) is 0.562. The molecule has 1 aromatic carbocycles. The zero-order chi connectivity index (χ0) is 16.2. The van der Waals surface area contributed by atoms with Crippen molar-refractivity contribution in [1.82, 2.24) is 10.6 Å². The average molecular weight is 346 g/mol. The van der Waals surface area contributed by atoms with E-state index in [1.54, 1.807) is 13.1 Å². The van der Waals surface area contributed by atoms with Crippen LogP contribution in [0.1, 0.15) is 25.3 Å². The van der Waals surface area contributed by atoms with Crippen LogP contribution in [-0.2, 0) is 11.2 Å². The first-order valence-corrected chi connectivity index (χ1v) is 8.38. The van der Waals surface area contributed by atoms with Crippen molar-refractivity contribution in [2.24, 2.45) is 4.99 Å². The van der Waals surface area contributed by atoms with Crippen LogP contribution in [0.15, 0.2) is 23.2 Å². The molecule has 0 bridgehead atoms. The molecule has 0 fully saturated rings. The van der Waals surface area contributed by atoms with Crippen LogP contribution in [0.5, 0.6) is 0 Å². The van der Waals surface area contributed by atoms with E-state index in [9.17, 15) is 0 Å². The summed E-state index contributed by atoms with van der Waals surface area (Å²) in [6.07, 6.45) is 2.95. The summed E-state index contributed by atoms with van der Waals surface area (Å²) in [6.45, 7) is 5.27. The van der Waals surface area contributed by atoms with E-state index in [0.29, 0.717) is 10.0 Å². The van der Waals surface area contributed by atoms with Crippen molar-refractivity contribution >= 4 is 29.2 Å². The van der Waals surface area contributed by atoms with Gasteiger partial charge < -0.3 is 15.4 Å². The number of hydrogen-bond donors (Lipinski definition) is 2. The summed E-state index contributed by atoms with van der Waals surface area (Å²) in [5.74, 6) is 0.810. The Morgan fingerprint density at radius 1 is 1.09 bits per heavy atom. The van der Waals surface area contributed by atoms with E-state index in [4.69, 9.17) is 27.9 Å². The maximum Gasteiger partial charge on any atom is 0.190 e. The van der Waals surface area contributed by atoms with Crippen LogP contribution >= 0.6 is 23.2 Å². The number of guanidine groups is 1. The molecule has 0 saturated heterocycles. The quantitative estimate of drug-likeness (QED) is 0.409. The summed E-state index contributed by atoms with van der Waals surface area (Å²) in [5.41, 5.74) is 1.11. The van der Waals surface area contributed by atoms with Gasteiger partial charge in [-0.3, -0.25) is 4.99 Å². The van der Waals surface area contributed by atoms with Crippen LogP contribution < -0.4 is 10.6 Å². The molecule has 0 atom stereocenters. The van der Waals surface area contributed by atoms with Gasteiger partial charge in [0.05, 0.1) is 0 Å². The van der Waals surface area contributed by atoms with Gasteiger partial charge in [-0.25, -0.2) is 0 Å². The highest BCUT2D eigenvalue weighted by Crippen LogP contribution is 2.19. The molecule has 0 saturated carbocycles. The van der Waals surface area contributed by atoms with Gasteiger partial charge in [-0.15, -0.1) is 0 Å². The molecule has 0 spiro atoms. The van der Waals surface area contributed by atoms with Crippen molar-refractivity contribution < 1.29 is 4.74 Å². The standard InChI is InChI=1S/C16H25Cl2N3O/c1-3-22-9-5-4-7-20-16(19-2)21-8-6-13-10-14(17)12-15(18)11-13/h10-12H,3-9H2,1-2H3,(H2,19,20,21).